The van der Waals surface area contributed by atoms with Gasteiger partial charge in [0.15, 0.2) is 0 Å². The van der Waals surface area contributed by atoms with Crippen molar-refractivity contribution in [2.24, 2.45) is 0 Å². The predicted molar refractivity (Wildman–Crippen MR) is 85.5 cm³/mol. The van der Waals surface area contributed by atoms with Crippen LogP contribution in [0.3, 0.4) is 0 Å². The van der Waals surface area contributed by atoms with Crippen LogP contribution in [-0.2, 0) is 0 Å². The van der Waals surface area contributed by atoms with Crippen LogP contribution in [0.25, 0.3) is 0 Å². The third kappa shape index (κ3) is 4.58. The summed E-state index contributed by atoms with van der Waals surface area (Å²) in [6.45, 7) is 3.67. The van der Waals surface area contributed by atoms with Gasteiger partial charge in [0.1, 0.15) is 11.5 Å². The fourth-order valence-corrected chi connectivity index (χ4v) is 3.37. The molecule has 0 aliphatic rings. The molecule has 0 fully saturated rings. The zero-order chi connectivity index (χ0) is 17.0. The second-order valence-electron chi connectivity index (χ2n) is 5.26. The number of hydrogen-bond acceptors (Lipinski definition) is 4. The molecule has 2 aromatic rings. The Morgan fingerprint density at radius 1 is 0.739 bits per heavy atom. The maximum atomic E-state index is 10.8. The van der Waals surface area contributed by atoms with Gasteiger partial charge in [-0.15, -0.1) is 0 Å². The standard InChI is InChI=1S/C16H16O6Si/c1-23(2,21-13-7-3-11(4-8-13)15(17)18)22-14-9-5-12(6-10-14)16(19)20/h3-10H,1-2H3,(H,17,18)(H,19,20). The van der Waals surface area contributed by atoms with Crippen molar-refractivity contribution in [3.63, 3.8) is 0 Å². The highest BCUT2D eigenvalue weighted by Crippen LogP contribution is 2.21. The fourth-order valence-electron chi connectivity index (χ4n) is 1.92. The molecule has 0 atom stereocenters. The van der Waals surface area contributed by atoms with Crippen LogP contribution >= 0.6 is 0 Å². The Balaban J connectivity index is 2.06. The number of rotatable bonds is 6. The van der Waals surface area contributed by atoms with Gasteiger partial charge in [-0.25, -0.2) is 9.59 Å². The molecule has 6 nitrogen and oxygen atoms in total. The first-order chi connectivity index (χ1) is 10.8. The minimum absolute atomic E-state index is 0.182. The number of carboxylic acid groups (broad SMARTS) is 2. The third-order valence-electron chi connectivity index (χ3n) is 2.93. The zero-order valence-corrected chi connectivity index (χ0v) is 13.6. The Morgan fingerprint density at radius 3 is 1.30 bits per heavy atom. The summed E-state index contributed by atoms with van der Waals surface area (Å²) < 4.78 is 11.7. The first kappa shape index (κ1) is 16.6. The van der Waals surface area contributed by atoms with Crippen LogP contribution in [0.1, 0.15) is 20.7 Å². The molecule has 2 rings (SSSR count). The molecule has 0 radical (unpaired) electrons. The molecule has 7 heteroatoms. The molecular formula is C16H16O6Si. The monoisotopic (exact) mass is 332 g/mol. The van der Waals surface area contributed by atoms with Gasteiger partial charge in [0.2, 0.25) is 0 Å². The molecule has 0 saturated carbocycles. The summed E-state index contributed by atoms with van der Waals surface area (Å²) in [5, 5.41) is 17.7. The van der Waals surface area contributed by atoms with Crippen molar-refractivity contribution >= 4 is 20.5 Å². The van der Waals surface area contributed by atoms with Gasteiger partial charge >= 0.3 is 20.5 Å². The van der Waals surface area contributed by atoms with E-state index in [1.54, 1.807) is 24.3 Å². The smallest absolute Gasteiger partial charge is 0.454 e. The average molecular weight is 332 g/mol. The zero-order valence-electron chi connectivity index (χ0n) is 12.6. The third-order valence-corrected chi connectivity index (χ3v) is 4.38. The lowest BCUT2D eigenvalue weighted by molar-refractivity contribution is 0.0686. The van der Waals surface area contributed by atoms with Gasteiger partial charge in [-0.05, 0) is 48.5 Å². The maximum Gasteiger partial charge on any atom is 0.454 e. The molecule has 0 saturated heterocycles. The molecular weight excluding hydrogens is 316 g/mol. The lowest BCUT2D eigenvalue weighted by atomic mass is 10.2. The molecule has 0 bridgehead atoms. The fraction of sp³-hybridized carbons (Fsp3) is 0.125. The Bertz CT molecular complexity index is 645. The summed E-state index contributed by atoms with van der Waals surface area (Å²) in [5.74, 6) is -0.951. The van der Waals surface area contributed by atoms with Gasteiger partial charge in [0.25, 0.3) is 0 Å². The minimum atomic E-state index is -2.57. The summed E-state index contributed by atoms with van der Waals surface area (Å²) in [6, 6.07) is 12.2. The molecule has 120 valence electrons. The van der Waals surface area contributed by atoms with E-state index >= 15 is 0 Å². The molecule has 0 heterocycles. The summed E-state index contributed by atoms with van der Waals surface area (Å²) in [6.07, 6.45) is 0. The molecule has 0 aliphatic carbocycles. The Morgan fingerprint density at radius 2 is 1.04 bits per heavy atom. The van der Waals surface area contributed by atoms with Crippen LogP contribution in [0.2, 0.25) is 13.1 Å². The van der Waals surface area contributed by atoms with Crippen molar-refractivity contribution in [1.29, 1.82) is 0 Å². The van der Waals surface area contributed by atoms with E-state index in [0.29, 0.717) is 11.5 Å². The molecule has 0 aliphatic heterocycles. The second kappa shape index (κ2) is 6.53. The van der Waals surface area contributed by atoms with Crippen molar-refractivity contribution in [1.82, 2.24) is 0 Å². The number of aromatic carboxylic acids is 2. The Labute approximate surface area is 134 Å². The van der Waals surface area contributed by atoms with Gasteiger partial charge in [-0.3, -0.25) is 0 Å². The van der Waals surface area contributed by atoms with Crippen LogP contribution in [0.4, 0.5) is 0 Å². The summed E-state index contributed by atoms with van der Waals surface area (Å²) in [5.41, 5.74) is 0.365. The SMILES string of the molecule is C[Si](C)(Oc1ccc(C(=O)O)cc1)Oc1ccc(C(=O)O)cc1. The van der Waals surface area contributed by atoms with Crippen LogP contribution in [0, 0.1) is 0 Å². The average Bonchev–Trinajstić information content (AvgIpc) is 2.47. The summed E-state index contributed by atoms with van der Waals surface area (Å²) in [4.78, 5) is 21.6. The van der Waals surface area contributed by atoms with Crippen LogP contribution < -0.4 is 8.85 Å². The topological polar surface area (TPSA) is 93.1 Å². The van der Waals surface area contributed by atoms with Crippen molar-refractivity contribution < 1.29 is 28.7 Å². The molecule has 0 unspecified atom stereocenters. The Kier molecular flexibility index (Phi) is 4.70. The molecule has 23 heavy (non-hydrogen) atoms. The van der Waals surface area contributed by atoms with E-state index < -0.39 is 20.5 Å². The van der Waals surface area contributed by atoms with Crippen molar-refractivity contribution in [2.45, 2.75) is 13.1 Å². The quantitative estimate of drug-likeness (QED) is 0.789. The molecule has 0 aromatic heterocycles. The first-order valence-electron chi connectivity index (χ1n) is 6.81. The predicted octanol–water partition coefficient (Wildman–Crippen LogP) is 3.24. The number of carbonyl (C=O) groups is 2. The van der Waals surface area contributed by atoms with Crippen LogP contribution in [0.5, 0.6) is 11.5 Å². The molecule has 0 spiro atoms. The highest BCUT2D eigenvalue weighted by molar-refractivity contribution is 6.66. The van der Waals surface area contributed by atoms with Gasteiger partial charge in [-0.2, -0.15) is 0 Å². The molecule has 2 N–H and O–H groups in total. The largest absolute Gasteiger partial charge is 0.512 e. The normalized spacial score (nSPS) is 10.9. The number of hydrogen-bond donors (Lipinski definition) is 2. The van der Waals surface area contributed by atoms with Gasteiger partial charge in [-0.1, -0.05) is 0 Å². The summed E-state index contributed by atoms with van der Waals surface area (Å²) in [7, 11) is -2.57. The van der Waals surface area contributed by atoms with Crippen molar-refractivity contribution in [2.75, 3.05) is 0 Å². The van der Waals surface area contributed by atoms with E-state index in [0.717, 1.165) is 0 Å². The van der Waals surface area contributed by atoms with E-state index in [2.05, 4.69) is 0 Å². The van der Waals surface area contributed by atoms with E-state index in [1.807, 2.05) is 13.1 Å². The molecule has 0 amide bonds. The summed E-state index contributed by atoms with van der Waals surface area (Å²) >= 11 is 0. The number of benzene rings is 2. The second-order valence-corrected chi connectivity index (χ2v) is 8.47. The van der Waals surface area contributed by atoms with E-state index in [4.69, 9.17) is 19.1 Å². The molecule has 2 aromatic carbocycles. The lowest BCUT2D eigenvalue weighted by Gasteiger charge is -2.24. The van der Waals surface area contributed by atoms with Crippen molar-refractivity contribution in [3.05, 3.63) is 59.7 Å². The van der Waals surface area contributed by atoms with E-state index in [9.17, 15) is 9.59 Å². The lowest BCUT2D eigenvalue weighted by Crippen LogP contribution is -2.41. The highest BCUT2D eigenvalue weighted by Gasteiger charge is 2.29. The van der Waals surface area contributed by atoms with Crippen LogP contribution in [0.15, 0.2) is 48.5 Å². The van der Waals surface area contributed by atoms with E-state index in [-0.39, 0.29) is 11.1 Å². The number of carboxylic acids is 2. The van der Waals surface area contributed by atoms with Gasteiger partial charge in [0, 0.05) is 13.1 Å². The minimum Gasteiger partial charge on any atom is -0.512 e. The van der Waals surface area contributed by atoms with Crippen molar-refractivity contribution in [3.8, 4) is 11.5 Å². The maximum absolute atomic E-state index is 10.8. The Hall–Kier alpha value is -2.80. The van der Waals surface area contributed by atoms with Crippen LogP contribution in [-0.4, -0.2) is 30.7 Å². The van der Waals surface area contributed by atoms with Gasteiger partial charge < -0.3 is 19.1 Å². The van der Waals surface area contributed by atoms with E-state index in [1.165, 1.54) is 24.3 Å². The van der Waals surface area contributed by atoms with Gasteiger partial charge in [0.05, 0.1) is 11.1 Å². The highest BCUT2D eigenvalue weighted by atomic mass is 28.4. The first-order valence-corrected chi connectivity index (χ1v) is 9.63.